The molecule has 0 atom stereocenters. The van der Waals surface area contributed by atoms with Crippen molar-refractivity contribution in [2.24, 2.45) is 0 Å². The van der Waals surface area contributed by atoms with Crippen molar-refractivity contribution in [3.63, 3.8) is 0 Å². The number of aromatic nitrogens is 2. The lowest BCUT2D eigenvalue weighted by Gasteiger charge is -2.13. The fourth-order valence-corrected chi connectivity index (χ4v) is 1.89. The van der Waals surface area contributed by atoms with Gasteiger partial charge in [0.1, 0.15) is 5.82 Å². The summed E-state index contributed by atoms with van der Waals surface area (Å²) in [7, 11) is 0. The van der Waals surface area contributed by atoms with E-state index in [9.17, 15) is 4.79 Å². The average molecular weight is 193 g/mol. The first kappa shape index (κ1) is 9.40. The molecule has 14 heavy (non-hydrogen) atoms. The summed E-state index contributed by atoms with van der Waals surface area (Å²) in [4.78, 5) is 20.5. The Morgan fingerprint density at radius 2 is 2.21 bits per heavy atom. The summed E-state index contributed by atoms with van der Waals surface area (Å²) in [6.07, 6.45) is 2.53. The van der Waals surface area contributed by atoms with E-state index in [4.69, 9.17) is 0 Å². The Hall–Kier alpha value is -1.16. The molecule has 0 aliphatic carbocycles. The summed E-state index contributed by atoms with van der Waals surface area (Å²) in [6, 6.07) is 1.59. The zero-order valence-corrected chi connectivity index (χ0v) is 8.42. The number of H-pyrrole nitrogens is 1. The largest absolute Gasteiger partial charge is 0.311 e. The Balaban J connectivity index is 2.11. The smallest absolute Gasteiger partial charge is 0.251 e. The van der Waals surface area contributed by atoms with Gasteiger partial charge in [0.2, 0.25) is 0 Å². The molecule has 1 aromatic rings. The molecule has 1 saturated heterocycles. The van der Waals surface area contributed by atoms with Crippen LogP contribution in [0.3, 0.4) is 0 Å². The lowest BCUT2D eigenvalue weighted by atomic mass is 10.3. The van der Waals surface area contributed by atoms with Crippen molar-refractivity contribution in [3.05, 3.63) is 27.9 Å². The zero-order chi connectivity index (χ0) is 9.97. The molecule has 1 N–H and O–H groups in total. The Bertz CT molecular complexity index is 366. The first-order valence-electron chi connectivity index (χ1n) is 5.03. The van der Waals surface area contributed by atoms with Gasteiger partial charge in [-0.1, -0.05) is 0 Å². The minimum absolute atomic E-state index is 0.0494. The number of nitrogens with one attached hydrogen (secondary N) is 1. The highest BCUT2D eigenvalue weighted by Gasteiger charge is 2.12. The number of aromatic amines is 1. The molecule has 0 bridgehead atoms. The van der Waals surface area contributed by atoms with E-state index in [2.05, 4.69) is 14.9 Å². The SMILES string of the molecule is Cc1nc(CN2CCCC2)cc(=O)[nH]1. The van der Waals surface area contributed by atoms with Crippen LogP contribution in [-0.4, -0.2) is 28.0 Å². The van der Waals surface area contributed by atoms with Crippen LogP contribution in [0.15, 0.2) is 10.9 Å². The van der Waals surface area contributed by atoms with Crippen LogP contribution in [0.4, 0.5) is 0 Å². The van der Waals surface area contributed by atoms with Gasteiger partial charge in [-0.2, -0.15) is 0 Å². The lowest BCUT2D eigenvalue weighted by molar-refractivity contribution is 0.326. The second kappa shape index (κ2) is 3.92. The Morgan fingerprint density at radius 3 is 2.86 bits per heavy atom. The second-order valence-corrected chi connectivity index (χ2v) is 3.81. The monoisotopic (exact) mass is 193 g/mol. The predicted octanol–water partition coefficient (Wildman–Crippen LogP) is 0.674. The van der Waals surface area contributed by atoms with E-state index < -0.39 is 0 Å². The van der Waals surface area contributed by atoms with Gasteiger partial charge in [-0.05, 0) is 32.9 Å². The first-order chi connectivity index (χ1) is 6.74. The number of nitrogens with zero attached hydrogens (tertiary/aromatic N) is 2. The molecule has 1 fully saturated rings. The molecule has 0 aromatic carbocycles. The minimum atomic E-state index is -0.0494. The summed E-state index contributed by atoms with van der Waals surface area (Å²) in [5.74, 6) is 0.701. The van der Waals surface area contributed by atoms with Gasteiger partial charge >= 0.3 is 0 Å². The number of rotatable bonds is 2. The van der Waals surface area contributed by atoms with Gasteiger partial charge in [0.25, 0.3) is 5.56 Å². The van der Waals surface area contributed by atoms with Crippen molar-refractivity contribution in [1.29, 1.82) is 0 Å². The van der Waals surface area contributed by atoms with Crippen molar-refractivity contribution in [1.82, 2.24) is 14.9 Å². The van der Waals surface area contributed by atoms with Gasteiger partial charge in [-0.15, -0.1) is 0 Å². The zero-order valence-electron chi connectivity index (χ0n) is 8.42. The van der Waals surface area contributed by atoms with E-state index >= 15 is 0 Å². The summed E-state index contributed by atoms with van der Waals surface area (Å²) >= 11 is 0. The molecule has 1 aliphatic rings. The third-order valence-corrected chi connectivity index (χ3v) is 2.50. The van der Waals surface area contributed by atoms with Gasteiger partial charge < -0.3 is 4.98 Å². The quantitative estimate of drug-likeness (QED) is 0.751. The third-order valence-electron chi connectivity index (χ3n) is 2.50. The third kappa shape index (κ3) is 2.20. The van der Waals surface area contributed by atoms with Crippen LogP contribution >= 0.6 is 0 Å². The topological polar surface area (TPSA) is 49.0 Å². The first-order valence-corrected chi connectivity index (χ1v) is 5.03. The van der Waals surface area contributed by atoms with Crippen molar-refractivity contribution in [2.45, 2.75) is 26.3 Å². The van der Waals surface area contributed by atoms with Crippen molar-refractivity contribution in [2.75, 3.05) is 13.1 Å². The fourth-order valence-electron chi connectivity index (χ4n) is 1.89. The molecule has 0 spiro atoms. The van der Waals surface area contributed by atoms with Gasteiger partial charge in [0, 0.05) is 12.6 Å². The Labute approximate surface area is 83.0 Å². The van der Waals surface area contributed by atoms with E-state index in [0.29, 0.717) is 5.82 Å². The van der Waals surface area contributed by atoms with Crippen LogP contribution in [0, 0.1) is 6.92 Å². The van der Waals surface area contributed by atoms with Crippen LogP contribution in [-0.2, 0) is 6.54 Å². The molecule has 0 radical (unpaired) electrons. The highest BCUT2D eigenvalue weighted by atomic mass is 16.1. The normalized spacial score (nSPS) is 17.5. The average Bonchev–Trinajstić information content (AvgIpc) is 2.54. The maximum absolute atomic E-state index is 11.2. The second-order valence-electron chi connectivity index (χ2n) is 3.81. The molecule has 2 heterocycles. The fraction of sp³-hybridized carbons (Fsp3) is 0.600. The standard InChI is InChI=1S/C10H15N3O/c1-8-11-9(6-10(14)12-8)7-13-4-2-3-5-13/h6H,2-5,7H2,1H3,(H,11,12,14). The number of hydrogen-bond acceptors (Lipinski definition) is 3. The number of hydrogen-bond donors (Lipinski definition) is 1. The summed E-state index contributed by atoms with van der Waals surface area (Å²) in [5, 5.41) is 0. The van der Waals surface area contributed by atoms with E-state index in [0.717, 1.165) is 25.3 Å². The molecule has 0 amide bonds. The van der Waals surface area contributed by atoms with Crippen molar-refractivity contribution >= 4 is 0 Å². The molecule has 0 saturated carbocycles. The summed E-state index contributed by atoms with van der Waals surface area (Å²) in [6.45, 7) is 4.89. The molecular formula is C10H15N3O. The van der Waals surface area contributed by atoms with Crippen LogP contribution in [0.2, 0.25) is 0 Å². The Kier molecular flexibility index (Phi) is 2.63. The molecule has 76 valence electrons. The van der Waals surface area contributed by atoms with E-state index in [1.54, 1.807) is 6.07 Å². The predicted molar refractivity (Wildman–Crippen MR) is 54.1 cm³/mol. The van der Waals surface area contributed by atoms with Crippen LogP contribution in [0.25, 0.3) is 0 Å². The number of likely N-dealkylation sites (tertiary alicyclic amines) is 1. The summed E-state index contributed by atoms with van der Waals surface area (Å²) < 4.78 is 0. The van der Waals surface area contributed by atoms with Gasteiger partial charge in [0.05, 0.1) is 5.69 Å². The summed E-state index contributed by atoms with van der Waals surface area (Å²) in [5.41, 5.74) is 0.833. The molecule has 4 nitrogen and oxygen atoms in total. The van der Waals surface area contributed by atoms with Gasteiger partial charge in [0.15, 0.2) is 0 Å². The molecule has 4 heteroatoms. The maximum Gasteiger partial charge on any atom is 0.251 e. The highest BCUT2D eigenvalue weighted by molar-refractivity contribution is 5.02. The number of aryl methyl sites for hydroxylation is 1. The van der Waals surface area contributed by atoms with E-state index in [-0.39, 0.29) is 5.56 Å². The van der Waals surface area contributed by atoms with Crippen molar-refractivity contribution < 1.29 is 0 Å². The molecule has 1 aliphatic heterocycles. The maximum atomic E-state index is 11.2. The molecule has 1 aromatic heterocycles. The van der Waals surface area contributed by atoms with E-state index in [1.165, 1.54) is 12.8 Å². The Morgan fingerprint density at radius 1 is 1.50 bits per heavy atom. The molecular weight excluding hydrogens is 178 g/mol. The minimum Gasteiger partial charge on any atom is -0.311 e. The highest BCUT2D eigenvalue weighted by Crippen LogP contribution is 2.10. The van der Waals surface area contributed by atoms with Gasteiger partial charge in [-0.25, -0.2) is 4.98 Å². The van der Waals surface area contributed by atoms with Crippen LogP contribution < -0.4 is 5.56 Å². The van der Waals surface area contributed by atoms with E-state index in [1.807, 2.05) is 6.92 Å². The van der Waals surface area contributed by atoms with Crippen molar-refractivity contribution in [3.8, 4) is 0 Å². The molecule has 0 unspecified atom stereocenters. The molecule has 2 rings (SSSR count). The van der Waals surface area contributed by atoms with Crippen LogP contribution in [0.1, 0.15) is 24.4 Å². The van der Waals surface area contributed by atoms with Gasteiger partial charge in [-0.3, -0.25) is 9.69 Å². The lowest BCUT2D eigenvalue weighted by Crippen LogP contribution is -2.21. The van der Waals surface area contributed by atoms with Crippen LogP contribution in [0.5, 0.6) is 0 Å².